The number of carbonyl (C=O) groups excluding carboxylic acids is 1. The van der Waals surface area contributed by atoms with E-state index in [1.165, 1.54) is 5.57 Å². The topological polar surface area (TPSA) is 26.3 Å². The number of rotatable bonds is 0. The molecule has 0 aromatic rings. The first-order valence-corrected chi connectivity index (χ1v) is 4.39. The van der Waals surface area contributed by atoms with Gasteiger partial charge in [-0.1, -0.05) is 11.6 Å². The van der Waals surface area contributed by atoms with E-state index >= 15 is 0 Å². The molecule has 2 unspecified atom stereocenters. The van der Waals surface area contributed by atoms with Gasteiger partial charge in [0.25, 0.3) is 0 Å². The normalized spacial score (nSPS) is 38.2. The highest BCUT2D eigenvalue weighted by Crippen LogP contribution is 2.40. The van der Waals surface area contributed by atoms with Crippen LogP contribution in [0.25, 0.3) is 0 Å². The zero-order valence-corrected chi connectivity index (χ0v) is 7.76. The molecule has 1 saturated carbocycles. The van der Waals surface area contributed by atoms with Gasteiger partial charge in [-0.05, 0) is 20.8 Å². The van der Waals surface area contributed by atoms with Crippen molar-refractivity contribution in [2.24, 2.45) is 5.92 Å². The van der Waals surface area contributed by atoms with Crippen molar-refractivity contribution in [3.63, 3.8) is 0 Å². The molecule has 2 rings (SSSR count). The van der Waals surface area contributed by atoms with Crippen LogP contribution in [0.1, 0.15) is 27.2 Å². The summed E-state index contributed by atoms with van der Waals surface area (Å²) in [7, 11) is 0. The maximum atomic E-state index is 11.2. The van der Waals surface area contributed by atoms with Gasteiger partial charge in [-0.3, -0.25) is 4.79 Å². The Morgan fingerprint density at radius 3 is 2.75 bits per heavy atom. The minimum absolute atomic E-state index is 0.0815. The summed E-state index contributed by atoms with van der Waals surface area (Å²) in [6.07, 6.45) is 2.84. The zero-order valence-electron chi connectivity index (χ0n) is 7.76. The molecular formula is C10H14O2. The van der Waals surface area contributed by atoms with Crippen molar-refractivity contribution in [2.45, 2.75) is 38.9 Å². The van der Waals surface area contributed by atoms with Gasteiger partial charge < -0.3 is 4.74 Å². The van der Waals surface area contributed by atoms with E-state index in [1.54, 1.807) is 0 Å². The molecule has 1 heterocycles. The smallest absolute Gasteiger partial charge is 0.145 e. The van der Waals surface area contributed by atoms with Gasteiger partial charge in [0.2, 0.25) is 0 Å². The van der Waals surface area contributed by atoms with Crippen LogP contribution >= 0.6 is 0 Å². The monoisotopic (exact) mass is 166 g/mol. The van der Waals surface area contributed by atoms with Gasteiger partial charge >= 0.3 is 0 Å². The first kappa shape index (κ1) is 7.99. The molecule has 0 radical (unpaired) electrons. The highest BCUT2D eigenvalue weighted by atomic mass is 16.5. The minimum atomic E-state index is -0.175. The Bertz CT molecular complexity index is 263. The molecule has 0 saturated heterocycles. The molecule has 2 nitrogen and oxygen atoms in total. The van der Waals surface area contributed by atoms with Crippen LogP contribution in [0, 0.1) is 5.92 Å². The Hall–Kier alpha value is -0.630. The van der Waals surface area contributed by atoms with Crippen molar-refractivity contribution in [1.29, 1.82) is 0 Å². The summed E-state index contributed by atoms with van der Waals surface area (Å²) < 4.78 is 5.72. The Morgan fingerprint density at radius 2 is 2.25 bits per heavy atom. The van der Waals surface area contributed by atoms with Crippen LogP contribution in [0.4, 0.5) is 0 Å². The molecule has 66 valence electrons. The summed E-state index contributed by atoms with van der Waals surface area (Å²) in [6.45, 7) is 6.10. The highest BCUT2D eigenvalue weighted by Gasteiger charge is 2.46. The van der Waals surface area contributed by atoms with E-state index in [-0.39, 0.29) is 17.6 Å². The Balaban J connectivity index is 2.29. The van der Waals surface area contributed by atoms with Crippen molar-refractivity contribution in [3.8, 4) is 0 Å². The first-order chi connectivity index (χ1) is 5.49. The lowest BCUT2D eigenvalue weighted by atomic mass is 9.72. The van der Waals surface area contributed by atoms with Gasteiger partial charge in [0.05, 0.1) is 17.6 Å². The van der Waals surface area contributed by atoms with Crippen molar-refractivity contribution < 1.29 is 9.53 Å². The summed E-state index contributed by atoms with van der Waals surface area (Å²) >= 11 is 0. The predicted molar refractivity (Wildman–Crippen MR) is 45.8 cm³/mol. The summed E-state index contributed by atoms with van der Waals surface area (Å²) in [6, 6.07) is 0. The van der Waals surface area contributed by atoms with E-state index in [0.29, 0.717) is 12.2 Å². The van der Waals surface area contributed by atoms with E-state index in [4.69, 9.17) is 4.74 Å². The number of Topliss-reactive ketones (excluding diaryl/α,β-unsaturated/α-hetero) is 1. The lowest BCUT2D eigenvalue weighted by Crippen LogP contribution is -2.51. The molecule has 0 bridgehead atoms. The average molecular weight is 166 g/mol. The fourth-order valence-corrected chi connectivity index (χ4v) is 2.21. The summed E-state index contributed by atoms with van der Waals surface area (Å²) in [5, 5.41) is 0. The first-order valence-electron chi connectivity index (χ1n) is 4.39. The molecule has 0 spiro atoms. The number of hydrogen-bond acceptors (Lipinski definition) is 2. The highest BCUT2D eigenvalue weighted by molar-refractivity contribution is 5.91. The third-order valence-electron chi connectivity index (χ3n) is 2.64. The van der Waals surface area contributed by atoms with Crippen molar-refractivity contribution >= 4 is 5.78 Å². The standard InChI is InChI=1S/C10H14O2/c1-6-5-10(2,3)12-8-4-7(11)9(6)8/h5,8-9H,4H2,1-3H3. The predicted octanol–water partition coefficient (Wildman–Crippen LogP) is 1.70. The van der Waals surface area contributed by atoms with Crippen molar-refractivity contribution in [2.75, 3.05) is 0 Å². The largest absolute Gasteiger partial charge is 0.367 e. The van der Waals surface area contributed by atoms with E-state index in [9.17, 15) is 4.79 Å². The molecule has 2 heteroatoms. The van der Waals surface area contributed by atoms with Crippen molar-refractivity contribution in [1.82, 2.24) is 0 Å². The number of carbonyl (C=O) groups is 1. The van der Waals surface area contributed by atoms with E-state index in [1.807, 2.05) is 20.8 Å². The third-order valence-corrected chi connectivity index (χ3v) is 2.64. The molecule has 12 heavy (non-hydrogen) atoms. The van der Waals surface area contributed by atoms with Crippen LogP contribution in [0.15, 0.2) is 11.6 Å². The molecule has 0 amide bonds. The molecule has 0 aromatic carbocycles. The van der Waals surface area contributed by atoms with Crippen LogP contribution in [0.3, 0.4) is 0 Å². The maximum Gasteiger partial charge on any atom is 0.145 e. The van der Waals surface area contributed by atoms with Gasteiger partial charge in [-0.25, -0.2) is 0 Å². The molecule has 0 N–H and O–H groups in total. The lowest BCUT2D eigenvalue weighted by Gasteiger charge is -2.44. The second-order valence-electron chi connectivity index (χ2n) is 4.30. The van der Waals surface area contributed by atoms with Crippen LogP contribution in [0.2, 0.25) is 0 Å². The molecule has 1 aliphatic heterocycles. The maximum absolute atomic E-state index is 11.2. The number of ketones is 1. The third kappa shape index (κ3) is 1.02. The zero-order chi connectivity index (χ0) is 8.93. The quantitative estimate of drug-likeness (QED) is 0.512. The molecule has 1 fully saturated rings. The summed E-state index contributed by atoms with van der Waals surface area (Å²) in [4.78, 5) is 11.2. The lowest BCUT2D eigenvalue weighted by molar-refractivity contribution is -0.156. The van der Waals surface area contributed by atoms with Gasteiger partial charge in [0, 0.05) is 6.42 Å². The van der Waals surface area contributed by atoms with Crippen LogP contribution in [-0.4, -0.2) is 17.5 Å². The second kappa shape index (κ2) is 2.19. The minimum Gasteiger partial charge on any atom is -0.367 e. The number of ether oxygens (including phenoxy) is 1. The molecule has 1 aliphatic carbocycles. The van der Waals surface area contributed by atoms with Gasteiger partial charge in [-0.15, -0.1) is 0 Å². The molecule has 0 aromatic heterocycles. The van der Waals surface area contributed by atoms with E-state index in [2.05, 4.69) is 6.08 Å². The second-order valence-corrected chi connectivity index (χ2v) is 4.30. The van der Waals surface area contributed by atoms with Crippen LogP contribution in [0.5, 0.6) is 0 Å². The fourth-order valence-electron chi connectivity index (χ4n) is 2.21. The molecular weight excluding hydrogens is 152 g/mol. The fraction of sp³-hybridized carbons (Fsp3) is 0.700. The number of hydrogen-bond donors (Lipinski definition) is 0. The Kier molecular flexibility index (Phi) is 1.46. The van der Waals surface area contributed by atoms with Crippen LogP contribution < -0.4 is 0 Å². The Labute approximate surface area is 72.6 Å². The van der Waals surface area contributed by atoms with Gasteiger partial charge in [-0.2, -0.15) is 0 Å². The SMILES string of the molecule is CC1=CC(C)(C)OC2CC(=O)C12. The summed E-state index contributed by atoms with van der Waals surface area (Å²) in [5.74, 6) is 0.419. The average Bonchev–Trinajstić information content (AvgIpc) is 1.80. The van der Waals surface area contributed by atoms with E-state index < -0.39 is 0 Å². The molecule has 2 atom stereocenters. The Morgan fingerprint density at radius 1 is 1.58 bits per heavy atom. The number of fused-ring (bicyclic) bond motifs is 1. The van der Waals surface area contributed by atoms with Crippen molar-refractivity contribution in [3.05, 3.63) is 11.6 Å². The molecule has 2 aliphatic rings. The van der Waals surface area contributed by atoms with Crippen LogP contribution in [-0.2, 0) is 9.53 Å². The van der Waals surface area contributed by atoms with E-state index in [0.717, 1.165) is 0 Å². The summed E-state index contributed by atoms with van der Waals surface area (Å²) in [5.41, 5.74) is 1.01. The van der Waals surface area contributed by atoms with Gasteiger partial charge in [0.15, 0.2) is 0 Å². The van der Waals surface area contributed by atoms with Gasteiger partial charge in [0.1, 0.15) is 5.78 Å².